The minimum Gasteiger partial charge on any atom is -0.312 e. The van der Waals surface area contributed by atoms with Gasteiger partial charge in [-0.25, -0.2) is 0 Å². The fraction of sp³-hybridized carbons (Fsp3) is 0.400. The van der Waals surface area contributed by atoms with Gasteiger partial charge in [-0.2, -0.15) is 0 Å². The minimum atomic E-state index is 0.366. The summed E-state index contributed by atoms with van der Waals surface area (Å²) in [4.78, 5) is 6.91. The molecule has 0 aromatic carbocycles. The molecule has 0 saturated carbocycles. The lowest BCUT2D eigenvalue weighted by molar-refractivity contribution is 0.515. The van der Waals surface area contributed by atoms with Gasteiger partial charge < -0.3 is 5.32 Å². The molecule has 2 atom stereocenters. The molecule has 0 amide bonds. The molecule has 0 aliphatic heterocycles. The highest BCUT2D eigenvalue weighted by atomic mass is 32.1. The summed E-state index contributed by atoms with van der Waals surface area (Å²) in [5.41, 5.74) is 2.71. The molecule has 96 valence electrons. The lowest BCUT2D eigenvalue weighted by Crippen LogP contribution is -2.21. The summed E-state index contributed by atoms with van der Waals surface area (Å²) in [6, 6.07) is 6.87. The van der Waals surface area contributed by atoms with Crippen molar-refractivity contribution in [3.63, 3.8) is 0 Å². The summed E-state index contributed by atoms with van der Waals surface area (Å²) in [6.45, 7) is 6.63. The maximum absolute atomic E-state index is 4.09. The van der Waals surface area contributed by atoms with Crippen molar-refractivity contribution in [3.05, 3.63) is 51.5 Å². The van der Waals surface area contributed by atoms with Crippen LogP contribution in [0.25, 0.3) is 0 Å². The Morgan fingerprint density at radius 3 is 2.39 bits per heavy atom. The smallest absolute Gasteiger partial charge is 0.0479 e. The molecule has 18 heavy (non-hydrogen) atoms. The highest BCUT2D eigenvalue weighted by molar-refractivity contribution is 7.12. The number of rotatable bonds is 4. The molecule has 0 fully saturated rings. The number of hydrogen-bond acceptors (Lipinski definition) is 3. The van der Waals surface area contributed by atoms with Crippen LogP contribution in [-0.2, 0) is 0 Å². The molecule has 3 heteroatoms. The summed E-state index contributed by atoms with van der Waals surface area (Å²) in [5.74, 6) is 0.440. The van der Waals surface area contributed by atoms with Gasteiger partial charge in [0.25, 0.3) is 0 Å². The molecule has 2 unspecified atom stereocenters. The fourth-order valence-electron chi connectivity index (χ4n) is 2.25. The largest absolute Gasteiger partial charge is 0.312 e. The van der Waals surface area contributed by atoms with Crippen molar-refractivity contribution in [1.29, 1.82) is 0 Å². The highest BCUT2D eigenvalue weighted by Gasteiger charge is 2.21. The molecule has 2 aromatic rings. The van der Waals surface area contributed by atoms with Crippen LogP contribution in [0.5, 0.6) is 0 Å². The molecule has 0 aliphatic rings. The fourth-order valence-corrected chi connectivity index (χ4v) is 3.51. The molecule has 0 radical (unpaired) electrons. The van der Waals surface area contributed by atoms with E-state index in [1.54, 1.807) is 0 Å². The van der Waals surface area contributed by atoms with Gasteiger partial charge in [0.2, 0.25) is 0 Å². The number of aromatic nitrogens is 1. The van der Waals surface area contributed by atoms with Gasteiger partial charge in [-0.05, 0) is 50.2 Å². The molecule has 2 nitrogen and oxygen atoms in total. The van der Waals surface area contributed by atoms with Crippen molar-refractivity contribution in [2.45, 2.75) is 32.7 Å². The summed E-state index contributed by atoms with van der Waals surface area (Å²) < 4.78 is 0. The Kier molecular flexibility index (Phi) is 4.15. The van der Waals surface area contributed by atoms with E-state index in [1.165, 1.54) is 20.9 Å². The van der Waals surface area contributed by atoms with Gasteiger partial charge >= 0.3 is 0 Å². The molecule has 1 N–H and O–H groups in total. The van der Waals surface area contributed by atoms with E-state index >= 15 is 0 Å². The van der Waals surface area contributed by atoms with E-state index in [2.05, 4.69) is 49.3 Å². The van der Waals surface area contributed by atoms with Gasteiger partial charge in [-0.3, -0.25) is 4.98 Å². The molecular weight excluding hydrogens is 240 g/mol. The minimum absolute atomic E-state index is 0.366. The molecule has 0 aliphatic carbocycles. The average molecular weight is 260 g/mol. The standard InChI is InChI=1S/C15H20N2S/c1-10-9-14(18-12(10)3)15(16-4)11(2)13-5-7-17-8-6-13/h5-9,11,15-16H,1-4H3. The van der Waals surface area contributed by atoms with Gasteiger partial charge in [0, 0.05) is 34.1 Å². The number of aryl methyl sites for hydroxylation is 2. The van der Waals surface area contributed by atoms with E-state index in [0.717, 1.165) is 0 Å². The number of likely N-dealkylation sites (N-methyl/N-ethyl adjacent to an activating group) is 1. The van der Waals surface area contributed by atoms with Crippen LogP contribution in [0.4, 0.5) is 0 Å². The first-order valence-corrected chi connectivity index (χ1v) is 7.09. The van der Waals surface area contributed by atoms with Crippen LogP contribution in [0.2, 0.25) is 0 Å². The third-order valence-corrected chi connectivity index (χ3v) is 4.77. The molecular formula is C15H20N2S. The van der Waals surface area contributed by atoms with Crippen LogP contribution < -0.4 is 5.32 Å². The van der Waals surface area contributed by atoms with Gasteiger partial charge in [0.05, 0.1) is 0 Å². The van der Waals surface area contributed by atoms with E-state index in [1.807, 2.05) is 30.8 Å². The van der Waals surface area contributed by atoms with Crippen LogP contribution in [0.1, 0.15) is 39.8 Å². The van der Waals surface area contributed by atoms with Gasteiger partial charge in [0.1, 0.15) is 0 Å². The first-order valence-electron chi connectivity index (χ1n) is 6.27. The Morgan fingerprint density at radius 2 is 1.89 bits per heavy atom. The zero-order valence-electron chi connectivity index (χ0n) is 11.4. The van der Waals surface area contributed by atoms with Crippen molar-refractivity contribution < 1.29 is 0 Å². The van der Waals surface area contributed by atoms with Crippen molar-refractivity contribution >= 4 is 11.3 Å². The van der Waals surface area contributed by atoms with E-state index in [0.29, 0.717) is 12.0 Å². The first-order chi connectivity index (χ1) is 8.63. The summed E-state index contributed by atoms with van der Waals surface area (Å²) in [6.07, 6.45) is 3.73. The lowest BCUT2D eigenvalue weighted by Gasteiger charge is -2.22. The number of nitrogens with one attached hydrogen (secondary N) is 1. The normalized spacial score (nSPS) is 14.4. The molecule has 0 bridgehead atoms. The topological polar surface area (TPSA) is 24.9 Å². The molecule has 2 aromatic heterocycles. The van der Waals surface area contributed by atoms with E-state index in [-0.39, 0.29) is 0 Å². The monoisotopic (exact) mass is 260 g/mol. The summed E-state index contributed by atoms with van der Waals surface area (Å²) in [5, 5.41) is 3.45. The predicted octanol–water partition coefficient (Wildman–Crippen LogP) is 3.82. The van der Waals surface area contributed by atoms with Crippen LogP contribution in [0, 0.1) is 13.8 Å². The van der Waals surface area contributed by atoms with Crippen LogP contribution in [-0.4, -0.2) is 12.0 Å². The number of pyridine rings is 1. The van der Waals surface area contributed by atoms with E-state index in [4.69, 9.17) is 0 Å². The SMILES string of the molecule is CNC(c1cc(C)c(C)s1)C(C)c1ccncc1. The Hall–Kier alpha value is -1.19. The van der Waals surface area contributed by atoms with Crippen LogP contribution in [0.15, 0.2) is 30.6 Å². The molecule has 2 rings (SSSR count). The quantitative estimate of drug-likeness (QED) is 0.904. The van der Waals surface area contributed by atoms with Crippen LogP contribution in [0.3, 0.4) is 0 Å². The second-order valence-electron chi connectivity index (χ2n) is 4.72. The van der Waals surface area contributed by atoms with Crippen molar-refractivity contribution in [1.82, 2.24) is 10.3 Å². The second kappa shape index (κ2) is 5.63. The summed E-state index contributed by atoms with van der Waals surface area (Å²) >= 11 is 1.89. The van der Waals surface area contributed by atoms with Crippen molar-refractivity contribution in [2.24, 2.45) is 0 Å². The average Bonchev–Trinajstić information content (AvgIpc) is 2.71. The maximum atomic E-state index is 4.09. The highest BCUT2D eigenvalue weighted by Crippen LogP contribution is 2.35. The van der Waals surface area contributed by atoms with E-state index in [9.17, 15) is 0 Å². The molecule has 0 saturated heterocycles. The Bertz CT molecular complexity index is 485. The van der Waals surface area contributed by atoms with E-state index < -0.39 is 0 Å². The van der Waals surface area contributed by atoms with Crippen molar-refractivity contribution in [2.75, 3.05) is 7.05 Å². The zero-order chi connectivity index (χ0) is 13.1. The van der Waals surface area contributed by atoms with Gasteiger partial charge in [0.15, 0.2) is 0 Å². The lowest BCUT2D eigenvalue weighted by atomic mass is 9.93. The Morgan fingerprint density at radius 1 is 1.22 bits per heavy atom. The maximum Gasteiger partial charge on any atom is 0.0479 e. The zero-order valence-corrected chi connectivity index (χ0v) is 12.2. The van der Waals surface area contributed by atoms with Gasteiger partial charge in [-0.1, -0.05) is 6.92 Å². The Balaban J connectivity index is 2.29. The third kappa shape index (κ3) is 2.62. The molecule has 0 spiro atoms. The number of hydrogen-bond donors (Lipinski definition) is 1. The molecule has 2 heterocycles. The second-order valence-corrected chi connectivity index (χ2v) is 6.01. The number of nitrogens with zero attached hydrogens (tertiary/aromatic N) is 1. The number of thiophene rings is 1. The Labute approximate surface area is 113 Å². The first kappa shape index (κ1) is 13.2. The predicted molar refractivity (Wildman–Crippen MR) is 78.2 cm³/mol. The van der Waals surface area contributed by atoms with Gasteiger partial charge in [-0.15, -0.1) is 11.3 Å². The van der Waals surface area contributed by atoms with Crippen molar-refractivity contribution in [3.8, 4) is 0 Å². The summed E-state index contributed by atoms with van der Waals surface area (Å²) in [7, 11) is 2.03. The van der Waals surface area contributed by atoms with Crippen LogP contribution >= 0.6 is 11.3 Å². The third-order valence-electron chi connectivity index (χ3n) is 3.53.